The van der Waals surface area contributed by atoms with E-state index >= 15 is 0 Å². The molecule has 0 saturated carbocycles. The number of nitrogens with zero attached hydrogens (tertiary/aromatic N) is 3. The van der Waals surface area contributed by atoms with Crippen LogP contribution in [0.3, 0.4) is 0 Å². The molecule has 0 bridgehead atoms. The predicted molar refractivity (Wildman–Crippen MR) is 130 cm³/mol. The highest BCUT2D eigenvalue weighted by Gasteiger charge is 2.49. The van der Waals surface area contributed by atoms with Gasteiger partial charge in [0.1, 0.15) is 16.8 Å². The Labute approximate surface area is 204 Å². The first-order valence-corrected chi connectivity index (χ1v) is 12.7. The van der Waals surface area contributed by atoms with Crippen molar-refractivity contribution in [3.8, 4) is 5.75 Å². The van der Waals surface area contributed by atoms with Gasteiger partial charge in [0.2, 0.25) is 0 Å². The van der Waals surface area contributed by atoms with Crippen LogP contribution in [0.4, 0.5) is 5.69 Å². The molecule has 11 heteroatoms. The van der Waals surface area contributed by atoms with Crippen LogP contribution in [0, 0.1) is 6.92 Å². The number of fused-ring (bicyclic) bond motifs is 2. The number of carboxylic acids is 1. The number of ether oxygens (including phenoxy) is 1. The van der Waals surface area contributed by atoms with Crippen molar-refractivity contribution >= 4 is 56.0 Å². The minimum absolute atomic E-state index is 0.0280. The van der Waals surface area contributed by atoms with Crippen LogP contribution in [-0.2, 0) is 14.8 Å². The number of carboxylic acid groups (broad SMARTS) is 1. The van der Waals surface area contributed by atoms with Crippen molar-refractivity contribution < 1.29 is 23.1 Å². The topological polar surface area (TPSA) is 110 Å². The summed E-state index contributed by atoms with van der Waals surface area (Å²) in [5.74, 6) is -1.68. The smallest absolute Gasteiger partial charge is 0.328 e. The van der Waals surface area contributed by atoms with Gasteiger partial charge >= 0.3 is 5.97 Å². The Morgan fingerprint density at radius 3 is 2.56 bits per heavy atom. The molecule has 2 unspecified atom stereocenters. The van der Waals surface area contributed by atoms with Crippen LogP contribution >= 0.6 is 23.3 Å². The van der Waals surface area contributed by atoms with Crippen molar-refractivity contribution in [1.29, 1.82) is 0 Å². The van der Waals surface area contributed by atoms with Gasteiger partial charge in [0, 0.05) is 12.0 Å². The highest BCUT2D eigenvalue weighted by molar-refractivity contribution is 7.93. The van der Waals surface area contributed by atoms with Gasteiger partial charge < -0.3 is 9.84 Å². The molecule has 0 fully saturated rings. The summed E-state index contributed by atoms with van der Waals surface area (Å²) in [6, 6.07) is 13.3. The lowest BCUT2D eigenvalue weighted by Crippen LogP contribution is -2.53. The number of anilines is 1. The molecule has 1 N–H and O–H groups in total. The number of aliphatic carboxylic acids is 1. The Hall–Kier alpha value is -3.21. The molecule has 34 heavy (non-hydrogen) atoms. The molecule has 3 aromatic carbocycles. The summed E-state index contributed by atoms with van der Waals surface area (Å²) in [4.78, 5) is 12.8. The molecule has 0 aliphatic carbocycles. The first kappa shape index (κ1) is 22.6. The summed E-state index contributed by atoms with van der Waals surface area (Å²) in [6.45, 7) is 1.67. The summed E-state index contributed by atoms with van der Waals surface area (Å²) in [7, 11) is -2.80. The third kappa shape index (κ3) is 3.41. The molecule has 4 aromatic rings. The van der Waals surface area contributed by atoms with Crippen molar-refractivity contribution in [2.45, 2.75) is 23.8 Å². The van der Waals surface area contributed by atoms with Gasteiger partial charge in [-0.2, -0.15) is 8.75 Å². The Kier molecular flexibility index (Phi) is 5.46. The van der Waals surface area contributed by atoms with E-state index in [1.165, 1.54) is 19.2 Å². The number of carbonyl (C=O) groups is 1. The van der Waals surface area contributed by atoms with Crippen LogP contribution in [0.25, 0.3) is 11.0 Å². The summed E-state index contributed by atoms with van der Waals surface area (Å²) in [6.07, 6.45) is 0. The van der Waals surface area contributed by atoms with Gasteiger partial charge in [0.05, 0.1) is 34.4 Å². The molecule has 1 aliphatic heterocycles. The maximum atomic E-state index is 13.9. The molecule has 0 amide bonds. The molecule has 1 aliphatic rings. The summed E-state index contributed by atoms with van der Waals surface area (Å²) < 4.78 is 42.4. The van der Waals surface area contributed by atoms with E-state index < -0.39 is 28.0 Å². The van der Waals surface area contributed by atoms with Crippen molar-refractivity contribution in [3.05, 3.63) is 76.3 Å². The standard InChI is InChI=1S/C23H18ClN3O5S2/c1-12-9-14(32-2)11-16(24)21(12)27-22(23(28)29)20(13-7-8-17-18(10-13)26-33-25-17)15-5-3-4-6-19(15)34(27,30)31/h3-11,20,22H,1-2H3,(H,28,29). The molecule has 2 heterocycles. The molecule has 0 spiro atoms. The van der Waals surface area contributed by atoms with Crippen LogP contribution in [0.5, 0.6) is 5.75 Å². The Balaban J connectivity index is 1.83. The lowest BCUT2D eigenvalue weighted by atomic mass is 9.84. The zero-order valence-electron chi connectivity index (χ0n) is 18.0. The first-order chi connectivity index (χ1) is 16.2. The lowest BCUT2D eigenvalue weighted by Gasteiger charge is -2.41. The average molecular weight is 516 g/mol. The maximum absolute atomic E-state index is 13.9. The van der Waals surface area contributed by atoms with Gasteiger partial charge in [-0.3, -0.25) is 0 Å². The van der Waals surface area contributed by atoms with Crippen LogP contribution in [-0.4, -0.2) is 41.4 Å². The number of aryl methyl sites for hydroxylation is 1. The number of hydrogen-bond donors (Lipinski definition) is 1. The van der Waals surface area contributed by atoms with E-state index in [9.17, 15) is 18.3 Å². The predicted octanol–water partition coefficient (Wildman–Crippen LogP) is 4.46. The van der Waals surface area contributed by atoms with Gasteiger partial charge in [0.25, 0.3) is 10.0 Å². The highest BCUT2D eigenvalue weighted by atomic mass is 35.5. The molecular weight excluding hydrogens is 498 g/mol. The second-order valence-corrected chi connectivity index (χ2v) is 10.6. The van der Waals surface area contributed by atoms with Crippen LogP contribution in [0.2, 0.25) is 5.02 Å². The van der Waals surface area contributed by atoms with Crippen molar-refractivity contribution in [2.75, 3.05) is 11.4 Å². The van der Waals surface area contributed by atoms with Crippen LogP contribution in [0.15, 0.2) is 59.5 Å². The molecule has 0 radical (unpaired) electrons. The van der Waals surface area contributed by atoms with E-state index in [2.05, 4.69) is 8.75 Å². The van der Waals surface area contributed by atoms with E-state index in [1.807, 2.05) is 0 Å². The van der Waals surface area contributed by atoms with E-state index in [0.29, 0.717) is 33.5 Å². The quantitative estimate of drug-likeness (QED) is 0.427. The van der Waals surface area contributed by atoms with E-state index in [0.717, 1.165) is 16.0 Å². The van der Waals surface area contributed by atoms with Gasteiger partial charge in [-0.05, 0) is 47.9 Å². The monoisotopic (exact) mass is 515 g/mol. The zero-order chi connectivity index (χ0) is 24.2. The average Bonchev–Trinajstić information content (AvgIpc) is 3.27. The molecule has 5 rings (SSSR count). The molecule has 2 atom stereocenters. The molecule has 0 saturated heterocycles. The summed E-state index contributed by atoms with van der Waals surface area (Å²) in [5.41, 5.74) is 2.88. The minimum atomic E-state index is -4.27. The highest BCUT2D eigenvalue weighted by Crippen LogP contribution is 2.47. The third-order valence-corrected chi connectivity index (χ3v) is 8.63. The summed E-state index contributed by atoms with van der Waals surface area (Å²) in [5, 5.41) is 10.5. The summed E-state index contributed by atoms with van der Waals surface area (Å²) >= 11 is 7.59. The maximum Gasteiger partial charge on any atom is 0.328 e. The van der Waals surface area contributed by atoms with Gasteiger partial charge in [-0.25, -0.2) is 17.5 Å². The number of aromatic nitrogens is 2. The van der Waals surface area contributed by atoms with Crippen LogP contribution < -0.4 is 9.04 Å². The number of halogens is 1. The number of hydrogen-bond acceptors (Lipinski definition) is 7. The minimum Gasteiger partial charge on any atom is -0.497 e. The van der Waals surface area contributed by atoms with E-state index in [1.54, 1.807) is 49.4 Å². The number of sulfonamides is 1. The van der Waals surface area contributed by atoms with Crippen molar-refractivity contribution in [1.82, 2.24) is 8.75 Å². The fourth-order valence-corrected chi connectivity index (χ4v) is 7.36. The molecule has 8 nitrogen and oxygen atoms in total. The molecule has 174 valence electrons. The Bertz CT molecular complexity index is 1530. The molecule has 1 aromatic heterocycles. The van der Waals surface area contributed by atoms with Gasteiger partial charge in [-0.15, -0.1) is 0 Å². The van der Waals surface area contributed by atoms with Gasteiger partial charge in [-0.1, -0.05) is 35.9 Å². The fraction of sp³-hybridized carbons (Fsp3) is 0.174. The number of benzene rings is 3. The first-order valence-electron chi connectivity index (χ1n) is 10.2. The molecular formula is C23H18ClN3O5S2. The lowest BCUT2D eigenvalue weighted by molar-refractivity contribution is -0.138. The van der Waals surface area contributed by atoms with E-state index in [-0.39, 0.29) is 15.6 Å². The third-order valence-electron chi connectivity index (χ3n) is 5.93. The SMILES string of the molecule is COc1cc(C)c(N2C(C(=O)O)C(c3ccc4nsnc4c3)c3ccccc3S2(=O)=O)c(Cl)c1. The van der Waals surface area contributed by atoms with E-state index in [4.69, 9.17) is 16.3 Å². The second kappa shape index (κ2) is 8.23. The van der Waals surface area contributed by atoms with Crippen LogP contribution in [0.1, 0.15) is 22.6 Å². The normalized spacial score (nSPS) is 19.1. The second-order valence-electron chi connectivity index (χ2n) is 7.89. The van der Waals surface area contributed by atoms with Crippen molar-refractivity contribution in [3.63, 3.8) is 0 Å². The largest absolute Gasteiger partial charge is 0.497 e. The zero-order valence-corrected chi connectivity index (χ0v) is 20.4. The Morgan fingerprint density at radius 2 is 1.85 bits per heavy atom. The Morgan fingerprint density at radius 1 is 1.12 bits per heavy atom. The number of methoxy groups -OCH3 is 1. The van der Waals surface area contributed by atoms with Crippen molar-refractivity contribution in [2.24, 2.45) is 0 Å². The fourth-order valence-electron chi connectivity index (χ4n) is 4.49. The number of rotatable bonds is 4. The van der Waals surface area contributed by atoms with Gasteiger partial charge in [0.15, 0.2) is 6.04 Å².